The number of nitrogens with zero attached hydrogens (tertiary/aromatic N) is 2. The average molecular weight is 444 g/mol. The van der Waals surface area contributed by atoms with Crippen LogP contribution in [0.5, 0.6) is 0 Å². The minimum atomic E-state index is 0. The third kappa shape index (κ3) is 37.0. The maximum atomic E-state index is 4.02. The summed E-state index contributed by atoms with van der Waals surface area (Å²) >= 11 is 0. The Hall–Kier alpha value is 2.00. The zero-order chi connectivity index (χ0) is 10.4. The predicted molar refractivity (Wildman–Crippen MR) is 73.5 cm³/mol. The molecule has 0 aliphatic heterocycles. The third-order valence-electron chi connectivity index (χ3n) is 1.34. The van der Waals surface area contributed by atoms with Gasteiger partial charge in [-0.05, 0) is 0 Å². The van der Waals surface area contributed by atoms with Crippen LogP contribution in [0.3, 0.4) is 0 Å². The van der Waals surface area contributed by atoms with E-state index in [0.717, 1.165) is 0 Å². The van der Waals surface area contributed by atoms with E-state index in [4.69, 9.17) is 0 Å². The molecule has 0 aromatic rings. The van der Waals surface area contributed by atoms with Crippen LogP contribution in [0.4, 0.5) is 0 Å². The van der Waals surface area contributed by atoms with Crippen LogP contribution >= 0.6 is 24.0 Å². The second-order valence-electron chi connectivity index (χ2n) is 4.79. The molecule has 0 saturated carbocycles. The first-order chi connectivity index (χ1) is 5.12. The van der Waals surface area contributed by atoms with Crippen LogP contribution in [0.15, 0.2) is 0 Å². The summed E-state index contributed by atoms with van der Waals surface area (Å²) in [7, 11) is 3.67. The van der Waals surface area contributed by atoms with Crippen molar-refractivity contribution in [2.45, 2.75) is 52.6 Å². The molecule has 0 radical (unpaired) electrons. The molecule has 0 atom stereocenters. The van der Waals surface area contributed by atoms with Crippen molar-refractivity contribution in [2.75, 3.05) is 14.1 Å². The van der Waals surface area contributed by atoms with Gasteiger partial charge < -0.3 is 10.6 Å². The fourth-order valence-electron chi connectivity index (χ4n) is 0. The minimum Gasteiger partial charge on any atom is -0.660 e. The number of halogens is 1. The first-order valence-corrected chi connectivity index (χ1v) is 4.34. The standard InChI is InChI=1S/2C5H12N.HI.Nd/c2*1-5(2,3)6-4;;/h2*1-4H3;1H;/q2*-1;;. The topological polar surface area (TPSA) is 28.2 Å². The van der Waals surface area contributed by atoms with Gasteiger partial charge in [-0.1, -0.05) is 41.5 Å². The second kappa shape index (κ2) is 11.5. The van der Waals surface area contributed by atoms with Gasteiger partial charge in [0.25, 0.3) is 0 Å². The molecule has 14 heavy (non-hydrogen) atoms. The Morgan fingerprint density at radius 2 is 0.714 bits per heavy atom. The van der Waals surface area contributed by atoms with E-state index in [1.165, 1.54) is 0 Å². The van der Waals surface area contributed by atoms with E-state index in [2.05, 4.69) is 52.2 Å². The summed E-state index contributed by atoms with van der Waals surface area (Å²) in [6, 6.07) is 0. The van der Waals surface area contributed by atoms with Crippen LogP contribution in [0.2, 0.25) is 0 Å². The van der Waals surface area contributed by atoms with Gasteiger partial charge in [0.05, 0.1) is 0 Å². The van der Waals surface area contributed by atoms with Gasteiger partial charge in [-0.3, -0.25) is 0 Å². The van der Waals surface area contributed by atoms with Crippen molar-refractivity contribution >= 4 is 24.0 Å². The van der Waals surface area contributed by atoms with Crippen molar-refractivity contribution < 1.29 is 40.8 Å². The van der Waals surface area contributed by atoms with Crippen LogP contribution in [0.25, 0.3) is 10.6 Å². The van der Waals surface area contributed by atoms with Gasteiger partial charge in [-0.25, -0.2) is 0 Å². The molecule has 0 spiro atoms. The molecule has 88 valence electrons. The summed E-state index contributed by atoms with van der Waals surface area (Å²) in [5.41, 5.74) is 0.333. The van der Waals surface area contributed by atoms with Crippen LogP contribution in [-0.4, -0.2) is 25.2 Å². The molecule has 0 aromatic heterocycles. The summed E-state index contributed by atoms with van der Waals surface area (Å²) in [6.07, 6.45) is 0. The van der Waals surface area contributed by atoms with E-state index in [-0.39, 0.29) is 75.9 Å². The van der Waals surface area contributed by atoms with E-state index >= 15 is 0 Å². The van der Waals surface area contributed by atoms with Crippen molar-refractivity contribution in [3.05, 3.63) is 10.6 Å². The van der Waals surface area contributed by atoms with E-state index < -0.39 is 0 Å². The molecule has 0 N–H and O–H groups in total. The molecule has 0 saturated heterocycles. The van der Waals surface area contributed by atoms with Crippen molar-refractivity contribution in [3.63, 3.8) is 0 Å². The molecule has 0 bridgehead atoms. The van der Waals surface area contributed by atoms with Crippen LogP contribution in [-0.2, 0) is 0 Å². The van der Waals surface area contributed by atoms with Gasteiger partial charge >= 0.3 is 0 Å². The van der Waals surface area contributed by atoms with Crippen molar-refractivity contribution in [3.8, 4) is 0 Å². The zero-order valence-electron chi connectivity index (χ0n) is 10.8. The Labute approximate surface area is 140 Å². The van der Waals surface area contributed by atoms with E-state index in [1.54, 1.807) is 0 Å². The summed E-state index contributed by atoms with van der Waals surface area (Å²) in [5.74, 6) is 0. The van der Waals surface area contributed by atoms with Crippen molar-refractivity contribution in [1.29, 1.82) is 0 Å². The quantitative estimate of drug-likeness (QED) is 0.502. The summed E-state index contributed by atoms with van der Waals surface area (Å²) in [6.45, 7) is 12.5. The van der Waals surface area contributed by atoms with Gasteiger partial charge in [-0.2, -0.15) is 14.1 Å². The van der Waals surface area contributed by atoms with Crippen molar-refractivity contribution in [1.82, 2.24) is 0 Å². The molecular formula is C10H25IN2Nd-2. The Bertz CT molecular complexity index is 91.7. The molecule has 0 heterocycles. The largest absolute Gasteiger partial charge is 0.660 e. The van der Waals surface area contributed by atoms with Gasteiger partial charge in [0.1, 0.15) is 0 Å². The molecule has 2 nitrogen and oxygen atoms in total. The maximum absolute atomic E-state index is 4.02. The molecule has 0 amide bonds. The van der Waals surface area contributed by atoms with Crippen LogP contribution in [0.1, 0.15) is 41.5 Å². The first kappa shape index (κ1) is 25.0. The Balaban J connectivity index is -0.0000000625. The van der Waals surface area contributed by atoms with Crippen LogP contribution < -0.4 is 0 Å². The van der Waals surface area contributed by atoms with Gasteiger partial charge in [-0.15, -0.1) is 35.1 Å². The molecule has 0 aliphatic carbocycles. The molecule has 0 aromatic carbocycles. The fourth-order valence-corrected chi connectivity index (χ4v) is 0. The van der Waals surface area contributed by atoms with Crippen molar-refractivity contribution in [2.24, 2.45) is 0 Å². The molecule has 4 heteroatoms. The number of hydrogen-bond acceptors (Lipinski definition) is 0. The van der Waals surface area contributed by atoms with Gasteiger partial charge in [0, 0.05) is 40.8 Å². The zero-order valence-corrected chi connectivity index (χ0v) is 16.3. The van der Waals surface area contributed by atoms with Crippen LogP contribution in [0, 0.1) is 40.8 Å². The second-order valence-corrected chi connectivity index (χ2v) is 4.79. The summed E-state index contributed by atoms with van der Waals surface area (Å²) in [4.78, 5) is 0. The molecular weight excluding hydrogens is 419 g/mol. The van der Waals surface area contributed by atoms with Gasteiger partial charge in [0.15, 0.2) is 0 Å². The Morgan fingerprint density at radius 1 is 0.643 bits per heavy atom. The van der Waals surface area contributed by atoms with E-state index in [0.29, 0.717) is 0 Å². The minimum absolute atomic E-state index is 0. The van der Waals surface area contributed by atoms with E-state index in [1.807, 2.05) is 14.1 Å². The monoisotopic (exact) mass is 442 g/mol. The number of rotatable bonds is 0. The Kier molecular flexibility index (Phi) is 20.5. The third-order valence-corrected chi connectivity index (χ3v) is 1.34. The SMILES string of the molecule is C[N-]C(C)(C)C.C[N-]C(C)(C)C.I.[Nd]. The first-order valence-electron chi connectivity index (χ1n) is 4.34. The number of hydrogen-bond donors (Lipinski definition) is 0. The smallest absolute Gasteiger partial charge is 0 e. The molecule has 0 rings (SSSR count). The summed E-state index contributed by atoms with van der Waals surface area (Å²) < 4.78 is 0. The van der Waals surface area contributed by atoms with E-state index in [9.17, 15) is 0 Å². The fraction of sp³-hybridized carbons (Fsp3) is 1.00. The molecule has 0 aliphatic rings. The average Bonchev–Trinajstić information content (AvgIpc) is 1.86. The molecule has 0 fully saturated rings. The maximum Gasteiger partial charge on any atom is 0 e. The van der Waals surface area contributed by atoms with Gasteiger partial charge in [0.2, 0.25) is 0 Å². The molecule has 0 unspecified atom stereocenters. The summed E-state index contributed by atoms with van der Waals surface area (Å²) in [5, 5.41) is 8.04. The Morgan fingerprint density at radius 3 is 0.714 bits per heavy atom. The normalized spacial score (nSPS) is 10.3. The predicted octanol–water partition coefficient (Wildman–Crippen LogP) is 4.19.